The highest BCUT2D eigenvalue weighted by Crippen LogP contribution is 2.15. The molecule has 0 aliphatic heterocycles. The van der Waals surface area contributed by atoms with E-state index in [1.165, 1.54) is 11.3 Å². The fourth-order valence-electron chi connectivity index (χ4n) is 2.16. The Hall–Kier alpha value is -1.61. The van der Waals surface area contributed by atoms with Crippen LogP contribution in [0.4, 0.5) is 0 Å². The first-order valence-corrected chi connectivity index (χ1v) is 6.60. The number of nitrogens with zero attached hydrogens (tertiary/aromatic N) is 2. The lowest BCUT2D eigenvalue weighted by molar-refractivity contribution is 0.545. The SMILES string of the molecule is CCCc1cncn1CCC(N)c1ccccc1. The van der Waals surface area contributed by atoms with Crippen molar-refractivity contribution in [3.8, 4) is 0 Å². The number of aryl methyl sites for hydroxylation is 2. The first-order valence-electron chi connectivity index (χ1n) is 6.60. The second kappa shape index (κ2) is 6.36. The smallest absolute Gasteiger partial charge is 0.0948 e. The van der Waals surface area contributed by atoms with E-state index < -0.39 is 0 Å². The number of imidazole rings is 1. The van der Waals surface area contributed by atoms with Gasteiger partial charge >= 0.3 is 0 Å². The second-order valence-electron chi connectivity index (χ2n) is 4.63. The van der Waals surface area contributed by atoms with Gasteiger partial charge in [0.25, 0.3) is 0 Å². The van der Waals surface area contributed by atoms with Gasteiger partial charge in [-0.3, -0.25) is 0 Å². The molecule has 0 bridgehead atoms. The highest BCUT2D eigenvalue weighted by molar-refractivity contribution is 5.18. The van der Waals surface area contributed by atoms with Crippen molar-refractivity contribution in [2.45, 2.75) is 38.8 Å². The Balaban J connectivity index is 1.93. The lowest BCUT2D eigenvalue weighted by atomic mass is 10.0. The molecular weight excluding hydrogens is 222 g/mol. The van der Waals surface area contributed by atoms with E-state index in [1.807, 2.05) is 30.7 Å². The van der Waals surface area contributed by atoms with Gasteiger partial charge in [0.05, 0.1) is 6.33 Å². The van der Waals surface area contributed by atoms with Crippen molar-refractivity contribution in [3.05, 3.63) is 54.1 Å². The summed E-state index contributed by atoms with van der Waals surface area (Å²) in [6, 6.07) is 10.4. The van der Waals surface area contributed by atoms with Crippen LogP contribution < -0.4 is 5.73 Å². The number of benzene rings is 1. The molecule has 1 unspecified atom stereocenters. The maximum atomic E-state index is 6.20. The van der Waals surface area contributed by atoms with Gasteiger partial charge in [0.15, 0.2) is 0 Å². The minimum Gasteiger partial charge on any atom is -0.335 e. The normalized spacial score (nSPS) is 12.6. The third-order valence-electron chi connectivity index (χ3n) is 3.21. The summed E-state index contributed by atoms with van der Waals surface area (Å²) >= 11 is 0. The predicted octanol–water partition coefficient (Wildman–Crippen LogP) is 2.93. The average molecular weight is 243 g/mol. The third kappa shape index (κ3) is 3.20. The Bertz CT molecular complexity index is 462. The Kier molecular flexibility index (Phi) is 4.53. The Labute approximate surface area is 109 Å². The van der Waals surface area contributed by atoms with E-state index in [-0.39, 0.29) is 6.04 Å². The molecule has 0 spiro atoms. The molecule has 2 N–H and O–H groups in total. The van der Waals surface area contributed by atoms with Gasteiger partial charge in [-0.1, -0.05) is 43.7 Å². The molecule has 0 saturated heterocycles. The summed E-state index contributed by atoms with van der Waals surface area (Å²) in [6.45, 7) is 3.12. The fraction of sp³-hybridized carbons (Fsp3) is 0.400. The van der Waals surface area contributed by atoms with Gasteiger partial charge in [-0.2, -0.15) is 0 Å². The van der Waals surface area contributed by atoms with Crippen molar-refractivity contribution in [2.24, 2.45) is 5.73 Å². The highest BCUT2D eigenvalue weighted by Gasteiger charge is 2.07. The van der Waals surface area contributed by atoms with Gasteiger partial charge in [-0.15, -0.1) is 0 Å². The summed E-state index contributed by atoms with van der Waals surface area (Å²) in [7, 11) is 0. The molecule has 2 rings (SSSR count). The molecule has 1 atom stereocenters. The van der Waals surface area contributed by atoms with Crippen molar-refractivity contribution < 1.29 is 0 Å². The van der Waals surface area contributed by atoms with Gasteiger partial charge in [-0.05, 0) is 18.4 Å². The van der Waals surface area contributed by atoms with Crippen LogP contribution in [0.3, 0.4) is 0 Å². The molecule has 1 heterocycles. The summed E-state index contributed by atoms with van der Waals surface area (Å²) in [4.78, 5) is 4.21. The molecule has 0 saturated carbocycles. The molecule has 2 aromatic rings. The molecular formula is C15H21N3. The molecule has 96 valence electrons. The molecule has 0 fully saturated rings. The molecule has 1 aromatic heterocycles. The van der Waals surface area contributed by atoms with Crippen LogP contribution in [0, 0.1) is 0 Å². The summed E-state index contributed by atoms with van der Waals surface area (Å²) < 4.78 is 2.21. The van der Waals surface area contributed by atoms with Crippen molar-refractivity contribution in [1.82, 2.24) is 9.55 Å². The van der Waals surface area contributed by atoms with E-state index in [0.717, 1.165) is 25.8 Å². The first kappa shape index (κ1) is 12.8. The van der Waals surface area contributed by atoms with Gasteiger partial charge in [0, 0.05) is 24.5 Å². The van der Waals surface area contributed by atoms with Crippen molar-refractivity contribution in [1.29, 1.82) is 0 Å². The van der Waals surface area contributed by atoms with Crippen LogP contribution >= 0.6 is 0 Å². The summed E-state index contributed by atoms with van der Waals surface area (Å²) in [5.74, 6) is 0. The van der Waals surface area contributed by atoms with Gasteiger partial charge in [-0.25, -0.2) is 4.98 Å². The van der Waals surface area contributed by atoms with Crippen LogP contribution in [0.2, 0.25) is 0 Å². The standard InChI is InChI=1S/C15H21N3/c1-2-6-14-11-17-12-18(14)10-9-15(16)13-7-4-3-5-8-13/h3-5,7-8,11-12,15H,2,6,9-10,16H2,1H3. The van der Waals surface area contributed by atoms with E-state index in [1.54, 1.807) is 0 Å². The minimum absolute atomic E-state index is 0.100. The highest BCUT2D eigenvalue weighted by atomic mass is 15.0. The van der Waals surface area contributed by atoms with Crippen molar-refractivity contribution in [3.63, 3.8) is 0 Å². The topological polar surface area (TPSA) is 43.8 Å². The van der Waals surface area contributed by atoms with Gasteiger partial charge in [0.2, 0.25) is 0 Å². The van der Waals surface area contributed by atoms with Gasteiger partial charge in [0.1, 0.15) is 0 Å². The van der Waals surface area contributed by atoms with Crippen LogP contribution in [0.25, 0.3) is 0 Å². The van der Waals surface area contributed by atoms with Crippen molar-refractivity contribution in [2.75, 3.05) is 0 Å². The zero-order valence-electron chi connectivity index (χ0n) is 10.9. The Morgan fingerprint density at radius 3 is 2.78 bits per heavy atom. The van der Waals surface area contributed by atoms with Crippen LogP contribution in [0.1, 0.15) is 37.1 Å². The molecule has 0 amide bonds. The summed E-state index contributed by atoms with van der Waals surface area (Å²) in [6.07, 6.45) is 7.04. The van der Waals surface area contributed by atoms with Crippen LogP contribution in [0.5, 0.6) is 0 Å². The minimum atomic E-state index is 0.100. The van der Waals surface area contributed by atoms with E-state index in [0.29, 0.717) is 0 Å². The summed E-state index contributed by atoms with van der Waals surface area (Å²) in [5, 5.41) is 0. The molecule has 0 aliphatic carbocycles. The Morgan fingerprint density at radius 2 is 2.06 bits per heavy atom. The number of hydrogen-bond donors (Lipinski definition) is 1. The maximum absolute atomic E-state index is 6.20. The largest absolute Gasteiger partial charge is 0.335 e. The summed E-state index contributed by atoms with van der Waals surface area (Å²) in [5.41, 5.74) is 8.71. The predicted molar refractivity (Wildman–Crippen MR) is 74.2 cm³/mol. The lowest BCUT2D eigenvalue weighted by Crippen LogP contribution is -2.14. The molecule has 0 radical (unpaired) electrons. The van der Waals surface area contributed by atoms with Gasteiger partial charge < -0.3 is 10.3 Å². The lowest BCUT2D eigenvalue weighted by Gasteiger charge is -2.13. The van der Waals surface area contributed by atoms with E-state index >= 15 is 0 Å². The molecule has 1 aromatic carbocycles. The first-order chi connectivity index (χ1) is 8.81. The van der Waals surface area contributed by atoms with Crippen molar-refractivity contribution >= 4 is 0 Å². The zero-order valence-corrected chi connectivity index (χ0v) is 10.9. The number of rotatable bonds is 6. The average Bonchev–Trinajstić information content (AvgIpc) is 2.85. The molecule has 18 heavy (non-hydrogen) atoms. The van der Waals surface area contributed by atoms with E-state index in [2.05, 4.69) is 28.6 Å². The number of hydrogen-bond acceptors (Lipinski definition) is 2. The molecule has 3 nitrogen and oxygen atoms in total. The quantitative estimate of drug-likeness (QED) is 0.847. The van der Waals surface area contributed by atoms with Crippen LogP contribution in [-0.2, 0) is 13.0 Å². The fourth-order valence-corrected chi connectivity index (χ4v) is 2.16. The second-order valence-corrected chi connectivity index (χ2v) is 4.63. The number of nitrogens with two attached hydrogens (primary N) is 1. The third-order valence-corrected chi connectivity index (χ3v) is 3.21. The maximum Gasteiger partial charge on any atom is 0.0948 e. The number of aromatic nitrogens is 2. The monoisotopic (exact) mass is 243 g/mol. The molecule has 3 heteroatoms. The van der Waals surface area contributed by atoms with E-state index in [4.69, 9.17) is 5.73 Å². The molecule has 0 aliphatic rings. The van der Waals surface area contributed by atoms with Crippen LogP contribution in [-0.4, -0.2) is 9.55 Å². The van der Waals surface area contributed by atoms with Crippen LogP contribution in [0.15, 0.2) is 42.9 Å². The van der Waals surface area contributed by atoms with E-state index in [9.17, 15) is 0 Å². The Morgan fingerprint density at radius 1 is 1.28 bits per heavy atom. The zero-order chi connectivity index (χ0) is 12.8.